The topological polar surface area (TPSA) is 53.1 Å². The maximum Gasteiger partial charge on any atom is 0.261 e. The van der Waals surface area contributed by atoms with E-state index in [1.165, 1.54) is 10.4 Å². The Hall–Kier alpha value is -2.67. The Morgan fingerprint density at radius 1 is 0.909 bits per heavy atom. The minimum atomic E-state index is -2.54. The second-order valence-corrected chi connectivity index (χ2v) is 14.5. The van der Waals surface area contributed by atoms with Crippen molar-refractivity contribution in [1.82, 2.24) is 9.78 Å². The van der Waals surface area contributed by atoms with Gasteiger partial charge in [-0.2, -0.15) is 5.10 Å². The Bertz CT molecular complexity index is 1140. The molecule has 0 atom stereocenters. The van der Waals surface area contributed by atoms with Crippen LogP contribution in [0, 0.1) is 0 Å². The molecule has 0 spiro atoms. The fraction of sp³-hybridized carbons (Fsp3) is 0.222. The van der Waals surface area contributed by atoms with E-state index in [0.717, 1.165) is 21.3 Å². The monoisotopic (exact) mass is 519 g/mol. The van der Waals surface area contributed by atoms with Crippen molar-refractivity contribution in [3.8, 4) is 11.1 Å². The Labute approximate surface area is 205 Å². The van der Waals surface area contributed by atoms with Gasteiger partial charge < -0.3 is 10.2 Å². The van der Waals surface area contributed by atoms with E-state index >= 15 is 0 Å². The molecule has 2 N–H and O–H groups in total. The van der Waals surface area contributed by atoms with E-state index in [1.807, 2.05) is 23.0 Å². The van der Waals surface area contributed by atoms with Crippen molar-refractivity contribution in [2.45, 2.75) is 32.4 Å². The maximum absolute atomic E-state index is 6.97. The van der Waals surface area contributed by atoms with Crippen molar-refractivity contribution in [2.75, 3.05) is 12.3 Å². The lowest BCUT2D eigenvalue weighted by atomic mass is 10.1. The van der Waals surface area contributed by atoms with E-state index in [2.05, 4.69) is 115 Å². The number of hydrogen-bond donors (Lipinski definition) is 1. The normalized spacial score (nSPS) is 12.1. The highest BCUT2D eigenvalue weighted by atomic mass is 79.9. The molecular formula is C27H30BrN3OSi. The number of nitrogen functional groups attached to an aromatic ring is 1. The molecule has 0 bridgehead atoms. The number of nitrogens with zero attached hydrogens (tertiary/aromatic N) is 2. The summed E-state index contributed by atoms with van der Waals surface area (Å²) in [6.45, 7) is 8.14. The molecule has 0 aliphatic rings. The van der Waals surface area contributed by atoms with Crippen LogP contribution in [-0.4, -0.2) is 24.7 Å². The van der Waals surface area contributed by atoms with Crippen molar-refractivity contribution < 1.29 is 4.43 Å². The average molecular weight is 521 g/mol. The first-order valence-electron chi connectivity index (χ1n) is 11.1. The van der Waals surface area contributed by atoms with Crippen LogP contribution < -0.4 is 16.1 Å². The zero-order chi connectivity index (χ0) is 23.5. The summed E-state index contributed by atoms with van der Waals surface area (Å²) in [5.74, 6) is 0. The smallest absolute Gasteiger partial charge is 0.261 e. The Morgan fingerprint density at radius 3 is 2.06 bits per heavy atom. The summed E-state index contributed by atoms with van der Waals surface area (Å²) in [5, 5.41) is 7.11. The first-order chi connectivity index (χ1) is 15.8. The average Bonchev–Trinajstić information content (AvgIpc) is 3.25. The number of benzene rings is 3. The van der Waals surface area contributed by atoms with Crippen molar-refractivity contribution in [3.63, 3.8) is 0 Å². The number of anilines is 1. The zero-order valence-electron chi connectivity index (χ0n) is 19.3. The van der Waals surface area contributed by atoms with Crippen LogP contribution in [0.25, 0.3) is 11.1 Å². The first kappa shape index (κ1) is 23.5. The molecule has 6 heteroatoms. The Balaban J connectivity index is 1.61. The third-order valence-corrected chi connectivity index (χ3v) is 11.4. The lowest BCUT2D eigenvalue weighted by Gasteiger charge is -2.43. The second kappa shape index (κ2) is 9.67. The summed E-state index contributed by atoms with van der Waals surface area (Å²) >= 11 is 3.52. The van der Waals surface area contributed by atoms with Gasteiger partial charge in [0.05, 0.1) is 19.3 Å². The van der Waals surface area contributed by atoms with Crippen molar-refractivity contribution in [3.05, 3.63) is 95.7 Å². The van der Waals surface area contributed by atoms with E-state index in [0.29, 0.717) is 13.2 Å². The van der Waals surface area contributed by atoms with Crippen LogP contribution in [0.15, 0.2) is 95.7 Å². The number of nitrogens with two attached hydrogens (primary N) is 1. The lowest BCUT2D eigenvalue weighted by molar-refractivity contribution is 0.274. The molecule has 3 aromatic carbocycles. The SMILES string of the molecule is CC(C)(C)[Si](OCCn1cc(-c2cc(N)cc(Br)c2)cn1)(c1ccccc1)c1ccccc1. The van der Waals surface area contributed by atoms with Crippen LogP contribution in [0.5, 0.6) is 0 Å². The lowest BCUT2D eigenvalue weighted by Crippen LogP contribution is -2.66. The van der Waals surface area contributed by atoms with Crippen LogP contribution in [0.4, 0.5) is 5.69 Å². The van der Waals surface area contributed by atoms with Gasteiger partial charge in [0, 0.05) is 21.9 Å². The van der Waals surface area contributed by atoms with E-state index in [1.54, 1.807) is 0 Å². The summed E-state index contributed by atoms with van der Waals surface area (Å²) < 4.78 is 9.88. The van der Waals surface area contributed by atoms with Gasteiger partial charge in [0.15, 0.2) is 0 Å². The van der Waals surface area contributed by atoms with Gasteiger partial charge in [0.1, 0.15) is 0 Å². The van der Waals surface area contributed by atoms with Crippen LogP contribution in [0.2, 0.25) is 5.04 Å². The molecule has 0 aliphatic heterocycles. The molecule has 1 aromatic heterocycles. The predicted molar refractivity (Wildman–Crippen MR) is 143 cm³/mol. The third-order valence-electron chi connectivity index (χ3n) is 5.94. The van der Waals surface area contributed by atoms with Crippen molar-refractivity contribution in [1.29, 1.82) is 0 Å². The molecule has 0 radical (unpaired) electrons. The fourth-order valence-corrected chi connectivity index (χ4v) is 9.53. The molecule has 4 aromatic rings. The molecule has 0 amide bonds. The number of halogens is 1. The molecule has 4 nitrogen and oxygen atoms in total. The van der Waals surface area contributed by atoms with Gasteiger partial charge in [-0.05, 0) is 39.2 Å². The third kappa shape index (κ3) is 4.98. The minimum absolute atomic E-state index is 0.0428. The number of rotatable bonds is 7. The highest BCUT2D eigenvalue weighted by Crippen LogP contribution is 2.36. The Morgan fingerprint density at radius 2 is 1.52 bits per heavy atom. The molecule has 33 heavy (non-hydrogen) atoms. The van der Waals surface area contributed by atoms with Crippen LogP contribution in [0.3, 0.4) is 0 Å². The van der Waals surface area contributed by atoms with E-state index in [9.17, 15) is 0 Å². The molecule has 0 unspecified atom stereocenters. The largest absolute Gasteiger partial charge is 0.406 e. The maximum atomic E-state index is 6.97. The Kier molecular flexibility index (Phi) is 6.88. The number of hydrogen-bond acceptors (Lipinski definition) is 3. The molecule has 4 rings (SSSR count). The van der Waals surface area contributed by atoms with Crippen LogP contribution in [0.1, 0.15) is 20.8 Å². The van der Waals surface area contributed by atoms with E-state index < -0.39 is 8.32 Å². The zero-order valence-corrected chi connectivity index (χ0v) is 21.9. The molecule has 0 aliphatic carbocycles. The fourth-order valence-electron chi connectivity index (χ4n) is 4.47. The van der Waals surface area contributed by atoms with Crippen LogP contribution in [-0.2, 0) is 11.0 Å². The second-order valence-electron chi connectivity index (χ2n) is 9.28. The van der Waals surface area contributed by atoms with Crippen molar-refractivity contribution in [2.24, 2.45) is 0 Å². The summed E-state index contributed by atoms with van der Waals surface area (Å²) in [6, 6.07) is 27.3. The van der Waals surface area contributed by atoms with Gasteiger partial charge in [-0.15, -0.1) is 0 Å². The molecule has 170 valence electrons. The molecule has 1 heterocycles. The van der Waals surface area contributed by atoms with Gasteiger partial charge in [-0.3, -0.25) is 4.68 Å². The van der Waals surface area contributed by atoms with Crippen LogP contribution >= 0.6 is 15.9 Å². The van der Waals surface area contributed by atoms with E-state index in [-0.39, 0.29) is 5.04 Å². The van der Waals surface area contributed by atoms with Gasteiger partial charge in [-0.1, -0.05) is 97.4 Å². The van der Waals surface area contributed by atoms with Gasteiger partial charge in [0.2, 0.25) is 0 Å². The molecule has 0 saturated carbocycles. The van der Waals surface area contributed by atoms with Gasteiger partial charge in [-0.25, -0.2) is 0 Å². The first-order valence-corrected chi connectivity index (χ1v) is 13.8. The highest BCUT2D eigenvalue weighted by Gasteiger charge is 2.50. The van der Waals surface area contributed by atoms with E-state index in [4.69, 9.17) is 10.2 Å². The molecule has 0 saturated heterocycles. The predicted octanol–water partition coefficient (Wildman–Crippen LogP) is 5.47. The molecular weight excluding hydrogens is 490 g/mol. The summed E-state index contributed by atoms with van der Waals surface area (Å²) in [5.41, 5.74) is 8.81. The summed E-state index contributed by atoms with van der Waals surface area (Å²) in [7, 11) is -2.54. The van der Waals surface area contributed by atoms with Crippen molar-refractivity contribution >= 4 is 40.3 Å². The molecule has 0 fully saturated rings. The number of aromatic nitrogens is 2. The van der Waals surface area contributed by atoms with Gasteiger partial charge in [0.25, 0.3) is 8.32 Å². The van der Waals surface area contributed by atoms with Gasteiger partial charge >= 0.3 is 0 Å². The summed E-state index contributed by atoms with van der Waals surface area (Å²) in [4.78, 5) is 0. The standard InChI is InChI=1S/C27H30BrN3OSi/c1-27(2,3)33(25-10-6-4-7-11-25,26-12-8-5-9-13-26)32-15-14-31-20-22(19-30-31)21-16-23(28)18-24(29)17-21/h4-13,16-20H,14-15,29H2,1-3H3. The summed E-state index contributed by atoms with van der Waals surface area (Å²) in [6.07, 6.45) is 3.93. The quantitative estimate of drug-likeness (QED) is 0.260. The minimum Gasteiger partial charge on any atom is -0.406 e. The highest BCUT2D eigenvalue weighted by molar-refractivity contribution is 9.10.